The van der Waals surface area contributed by atoms with Crippen LogP contribution in [-0.4, -0.2) is 11.9 Å². The molecule has 0 radical (unpaired) electrons. The lowest BCUT2D eigenvalue weighted by atomic mass is 10.1. The van der Waals surface area contributed by atoms with Crippen molar-refractivity contribution in [3.63, 3.8) is 0 Å². The lowest BCUT2D eigenvalue weighted by Crippen LogP contribution is -2.39. The summed E-state index contributed by atoms with van der Waals surface area (Å²) in [5.74, 6) is -0.289. The van der Waals surface area contributed by atoms with Gasteiger partial charge in [-0.3, -0.25) is 4.79 Å². The van der Waals surface area contributed by atoms with E-state index >= 15 is 0 Å². The van der Waals surface area contributed by atoms with Crippen LogP contribution in [0.5, 0.6) is 0 Å². The number of anilines is 1. The monoisotopic (exact) mass is 284 g/mol. The molecule has 4 heteroatoms. The van der Waals surface area contributed by atoms with Crippen molar-refractivity contribution in [2.24, 2.45) is 0 Å². The molecule has 3 rings (SSSR count). The zero-order valence-electron chi connectivity index (χ0n) is 11.6. The lowest BCUT2D eigenvalue weighted by molar-refractivity contribution is -0.118. The van der Waals surface area contributed by atoms with Gasteiger partial charge in [0, 0.05) is 12.2 Å². The van der Waals surface area contributed by atoms with E-state index in [2.05, 4.69) is 10.6 Å². The summed E-state index contributed by atoms with van der Waals surface area (Å²) in [6, 6.07) is 14.0. The number of carbonyl (C=O) groups excluding carboxylic acids is 1. The van der Waals surface area contributed by atoms with E-state index in [4.69, 9.17) is 0 Å². The zero-order chi connectivity index (χ0) is 14.7. The van der Waals surface area contributed by atoms with Crippen LogP contribution in [-0.2, 0) is 17.8 Å². The van der Waals surface area contributed by atoms with Crippen molar-refractivity contribution in [3.05, 3.63) is 65.5 Å². The van der Waals surface area contributed by atoms with Crippen LogP contribution in [0.2, 0.25) is 0 Å². The van der Waals surface area contributed by atoms with Crippen LogP contribution in [0.1, 0.15) is 17.5 Å². The summed E-state index contributed by atoms with van der Waals surface area (Å²) in [5.41, 5.74) is 2.88. The van der Waals surface area contributed by atoms with Gasteiger partial charge in [0.05, 0.1) is 6.04 Å². The van der Waals surface area contributed by atoms with Crippen molar-refractivity contribution < 1.29 is 9.18 Å². The van der Waals surface area contributed by atoms with E-state index in [9.17, 15) is 9.18 Å². The minimum Gasteiger partial charge on any atom is -0.324 e. The summed E-state index contributed by atoms with van der Waals surface area (Å²) >= 11 is 0. The first kappa shape index (κ1) is 13.8. The Bertz CT molecular complexity index is 657. The van der Waals surface area contributed by atoms with Crippen LogP contribution in [0.4, 0.5) is 10.1 Å². The first-order chi connectivity index (χ1) is 10.2. The molecule has 1 aliphatic heterocycles. The van der Waals surface area contributed by atoms with Crippen LogP contribution in [0.25, 0.3) is 0 Å². The molecule has 3 nitrogen and oxygen atoms in total. The fourth-order valence-electron chi connectivity index (χ4n) is 2.59. The third-order valence-electron chi connectivity index (χ3n) is 3.74. The number of amides is 1. The van der Waals surface area contributed by atoms with Crippen LogP contribution in [0.15, 0.2) is 48.5 Å². The highest BCUT2D eigenvalue weighted by atomic mass is 19.1. The third-order valence-corrected chi connectivity index (χ3v) is 3.74. The summed E-state index contributed by atoms with van der Waals surface area (Å²) in [4.78, 5) is 12.2. The van der Waals surface area contributed by atoms with Gasteiger partial charge in [-0.15, -0.1) is 0 Å². The first-order valence-electron chi connectivity index (χ1n) is 7.09. The van der Waals surface area contributed by atoms with Crippen LogP contribution < -0.4 is 10.6 Å². The summed E-state index contributed by atoms with van der Waals surface area (Å²) < 4.78 is 13.1. The Morgan fingerprint density at radius 2 is 2.05 bits per heavy atom. The van der Waals surface area contributed by atoms with Crippen LogP contribution in [0, 0.1) is 5.82 Å². The number of para-hydroxylation sites is 1. The van der Waals surface area contributed by atoms with Gasteiger partial charge >= 0.3 is 0 Å². The van der Waals surface area contributed by atoms with Gasteiger partial charge in [0.15, 0.2) is 0 Å². The van der Waals surface area contributed by atoms with Crippen LogP contribution in [0.3, 0.4) is 0 Å². The largest absolute Gasteiger partial charge is 0.324 e. The molecule has 0 fully saturated rings. The quantitative estimate of drug-likeness (QED) is 0.910. The molecule has 0 bridgehead atoms. The van der Waals surface area contributed by atoms with Gasteiger partial charge in [-0.1, -0.05) is 30.3 Å². The molecule has 2 aromatic rings. The Labute approximate surface area is 123 Å². The molecule has 0 saturated carbocycles. The summed E-state index contributed by atoms with van der Waals surface area (Å²) in [6.45, 7) is 0.478. The number of aryl methyl sites for hydroxylation is 1. The number of rotatable bonds is 3. The molecule has 1 aliphatic rings. The number of fused-ring (bicyclic) bond motifs is 1. The molecular formula is C17H17FN2O. The predicted octanol–water partition coefficient (Wildman–Crippen LogP) is 2.87. The molecular weight excluding hydrogens is 267 g/mol. The molecule has 1 heterocycles. The maximum absolute atomic E-state index is 13.1. The molecule has 0 aliphatic carbocycles. The van der Waals surface area contributed by atoms with E-state index < -0.39 is 0 Å². The van der Waals surface area contributed by atoms with Gasteiger partial charge in [0.25, 0.3) is 0 Å². The highest BCUT2D eigenvalue weighted by Gasteiger charge is 2.22. The van der Waals surface area contributed by atoms with E-state index in [1.807, 2.05) is 30.3 Å². The Morgan fingerprint density at radius 1 is 1.19 bits per heavy atom. The Morgan fingerprint density at radius 3 is 2.90 bits per heavy atom. The normalized spacial score (nSPS) is 17.8. The third kappa shape index (κ3) is 3.28. The molecule has 2 aromatic carbocycles. The Balaban J connectivity index is 1.66. The van der Waals surface area contributed by atoms with Gasteiger partial charge in [-0.2, -0.15) is 0 Å². The van der Waals surface area contributed by atoms with Crippen LogP contribution >= 0.6 is 0 Å². The van der Waals surface area contributed by atoms with Gasteiger partial charge in [-0.25, -0.2) is 4.39 Å². The lowest BCUT2D eigenvalue weighted by Gasteiger charge is -2.15. The van der Waals surface area contributed by atoms with E-state index in [0.29, 0.717) is 6.54 Å². The van der Waals surface area contributed by atoms with Crippen molar-refractivity contribution in [1.82, 2.24) is 5.32 Å². The summed E-state index contributed by atoms with van der Waals surface area (Å²) in [5, 5.41) is 6.16. The number of hydrogen-bond donors (Lipinski definition) is 2. The molecule has 108 valence electrons. The second-order valence-corrected chi connectivity index (χ2v) is 5.25. The first-order valence-corrected chi connectivity index (χ1v) is 7.09. The Kier molecular flexibility index (Phi) is 3.97. The molecule has 0 aromatic heterocycles. The van der Waals surface area contributed by atoms with Gasteiger partial charge < -0.3 is 10.6 Å². The van der Waals surface area contributed by atoms with Gasteiger partial charge in [0.2, 0.25) is 5.91 Å². The highest BCUT2D eigenvalue weighted by molar-refractivity contribution is 5.96. The van der Waals surface area contributed by atoms with Gasteiger partial charge in [0.1, 0.15) is 5.82 Å². The molecule has 0 saturated heterocycles. The van der Waals surface area contributed by atoms with Gasteiger partial charge in [-0.05, 0) is 42.2 Å². The maximum atomic E-state index is 13.1. The number of carbonyl (C=O) groups is 1. The minimum absolute atomic E-state index is 0.0312. The predicted molar refractivity (Wildman–Crippen MR) is 80.4 cm³/mol. The number of nitrogens with one attached hydrogen (secondary N) is 2. The summed E-state index contributed by atoms with van der Waals surface area (Å²) in [7, 11) is 0. The summed E-state index contributed by atoms with van der Waals surface area (Å²) in [6.07, 6.45) is 1.58. The smallest absolute Gasteiger partial charge is 0.241 e. The maximum Gasteiger partial charge on any atom is 0.241 e. The molecule has 1 amide bonds. The number of benzene rings is 2. The average molecular weight is 284 g/mol. The molecule has 2 N–H and O–H groups in total. The molecule has 1 unspecified atom stereocenters. The Hall–Kier alpha value is -2.20. The fraction of sp³-hybridized carbons (Fsp3) is 0.235. The van der Waals surface area contributed by atoms with Crippen molar-refractivity contribution >= 4 is 11.6 Å². The standard InChI is InChI=1S/C17H17FN2O/c18-14-6-3-4-12(10-14)11-19-16-9-8-13-5-1-2-7-15(13)20-17(16)21/h1-7,10,16,19H,8-9,11H2,(H,20,21). The van der Waals surface area contributed by atoms with Crippen molar-refractivity contribution in [3.8, 4) is 0 Å². The minimum atomic E-state index is -0.263. The number of hydrogen-bond acceptors (Lipinski definition) is 2. The highest BCUT2D eigenvalue weighted by Crippen LogP contribution is 2.21. The zero-order valence-corrected chi connectivity index (χ0v) is 11.6. The SMILES string of the molecule is O=C1Nc2ccccc2CCC1NCc1cccc(F)c1. The van der Waals surface area contributed by atoms with E-state index in [0.717, 1.165) is 29.7 Å². The second-order valence-electron chi connectivity index (χ2n) is 5.25. The number of halogens is 1. The molecule has 21 heavy (non-hydrogen) atoms. The molecule has 1 atom stereocenters. The van der Waals surface area contributed by atoms with Crippen molar-refractivity contribution in [2.75, 3.05) is 5.32 Å². The average Bonchev–Trinajstić information content (AvgIpc) is 2.64. The topological polar surface area (TPSA) is 41.1 Å². The van der Waals surface area contributed by atoms with Crippen molar-refractivity contribution in [1.29, 1.82) is 0 Å². The molecule has 0 spiro atoms. The second kappa shape index (κ2) is 6.06. The fourth-order valence-corrected chi connectivity index (χ4v) is 2.59. The van der Waals surface area contributed by atoms with E-state index in [-0.39, 0.29) is 17.8 Å². The van der Waals surface area contributed by atoms with E-state index in [1.54, 1.807) is 6.07 Å². The van der Waals surface area contributed by atoms with E-state index in [1.165, 1.54) is 12.1 Å². The van der Waals surface area contributed by atoms with Crippen molar-refractivity contribution in [2.45, 2.75) is 25.4 Å².